The molecule has 0 bridgehead atoms. The predicted molar refractivity (Wildman–Crippen MR) is 54.1 cm³/mol. The second-order valence-electron chi connectivity index (χ2n) is 3.72. The smallest absolute Gasteiger partial charge is 0.249 e. The number of aromatic nitrogens is 3. The number of hydrogen-bond acceptors (Lipinski definition) is 5. The summed E-state index contributed by atoms with van der Waals surface area (Å²) in [5, 5.41) is 10.2. The Bertz CT molecular complexity index is 433. The third kappa shape index (κ3) is 1.89. The van der Waals surface area contributed by atoms with Crippen LogP contribution in [0.5, 0.6) is 0 Å². The van der Waals surface area contributed by atoms with Crippen molar-refractivity contribution in [1.29, 1.82) is 0 Å². The van der Waals surface area contributed by atoms with E-state index in [9.17, 15) is 8.42 Å². The molecule has 7 heteroatoms. The third-order valence-corrected chi connectivity index (χ3v) is 4.88. The molecule has 0 atom stereocenters. The minimum absolute atomic E-state index is 0.0781. The van der Waals surface area contributed by atoms with Crippen LogP contribution in [-0.2, 0) is 16.9 Å². The zero-order valence-electron chi connectivity index (χ0n) is 8.55. The Kier molecular flexibility index (Phi) is 2.74. The van der Waals surface area contributed by atoms with E-state index in [1.54, 1.807) is 7.05 Å². The van der Waals surface area contributed by atoms with E-state index >= 15 is 0 Å². The molecule has 1 aromatic rings. The molecule has 1 saturated heterocycles. The van der Waals surface area contributed by atoms with Gasteiger partial charge in [-0.05, 0) is 25.9 Å². The molecule has 1 aromatic heterocycles. The Morgan fingerprint density at radius 1 is 1.47 bits per heavy atom. The second kappa shape index (κ2) is 3.90. The molecule has 0 radical (unpaired) electrons. The summed E-state index contributed by atoms with van der Waals surface area (Å²) in [7, 11) is -1.65. The number of nitrogens with one attached hydrogen (secondary N) is 1. The highest BCUT2D eigenvalue weighted by atomic mass is 32.2. The minimum Gasteiger partial charge on any atom is -0.317 e. The van der Waals surface area contributed by atoms with Crippen molar-refractivity contribution in [3.63, 3.8) is 0 Å². The Hall–Kier alpha value is -0.950. The van der Waals surface area contributed by atoms with Gasteiger partial charge in [0, 0.05) is 7.05 Å². The van der Waals surface area contributed by atoms with Gasteiger partial charge in [-0.25, -0.2) is 8.42 Å². The molecule has 2 rings (SSSR count). The van der Waals surface area contributed by atoms with Crippen LogP contribution in [0.4, 0.5) is 0 Å². The van der Waals surface area contributed by atoms with Crippen LogP contribution in [0.25, 0.3) is 0 Å². The van der Waals surface area contributed by atoms with Crippen molar-refractivity contribution in [3.8, 4) is 0 Å². The Balaban J connectivity index is 2.30. The van der Waals surface area contributed by atoms with E-state index in [-0.39, 0.29) is 10.4 Å². The van der Waals surface area contributed by atoms with Gasteiger partial charge in [0.1, 0.15) is 6.33 Å². The third-order valence-electron chi connectivity index (χ3n) is 2.65. The lowest BCUT2D eigenvalue weighted by atomic mass is 10.2. The molecular weight excluding hydrogens is 216 g/mol. The second-order valence-corrected chi connectivity index (χ2v) is 5.84. The van der Waals surface area contributed by atoms with Crippen molar-refractivity contribution in [2.45, 2.75) is 23.2 Å². The van der Waals surface area contributed by atoms with Gasteiger partial charge >= 0.3 is 0 Å². The van der Waals surface area contributed by atoms with Crippen LogP contribution in [0.15, 0.2) is 11.5 Å². The molecule has 0 aromatic carbocycles. The van der Waals surface area contributed by atoms with Crippen LogP contribution in [-0.4, -0.2) is 41.5 Å². The molecule has 1 N–H and O–H groups in total. The first kappa shape index (κ1) is 10.6. The van der Waals surface area contributed by atoms with E-state index in [0.29, 0.717) is 12.8 Å². The standard InChI is InChI=1S/C8H14N4O2S/c1-12-6-10-11-8(12)15(13,14)7-2-4-9-5-3-7/h6-7,9H,2-5H2,1H3. The Labute approximate surface area is 88.6 Å². The van der Waals surface area contributed by atoms with Crippen molar-refractivity contribution in [2.24, 2.45) is 7.05 Å². The van der Waals surface area contributed by atoms with Crippen molar-refractivity contribution < 1.29 is 8.42 Å². The first-order chi connectivity index (χ1) is 7.12. The van der Waals surface area contributed by atoms with Crippen LogP contribution in [0.3, 0.4) is 0 Å². The molecule has 84 valence electrons. The molecule has 1 aliphatic heterocycles. The Morgan fingerprint density at radius 3 is 2.67 bits per heavy atom. The summed E-state index contributed by atoms with van der Waals surface area (Å²) in [6.45, 7) is 1.50. The number of sulfone groups is 1. The van der Waals surface area contributed by atoms with Gasteiger partial charge in [-0.3, -0.25) is 0 Å². The first-order valence-corrected chi connectivity index (χ1v) is 6.45. The molecule has 0 spiro atoms. The van der Waals surface area contributed by atoms with E-state index in [0.717, 1.165) is 13.1 Å². The number of nitrogens with zero attached hydrogens (tertiary/aromatic N) is 3. The Morgan fingerprint density at radius 2 is 2.13 bits per heavy atom. The predicted octanol–water partition coefficient (Wildman–Crippen LogP) is -0.659. The van der Waals surface area contributed by atoms with Gasteiger partial charge < -0.3 is 9.88 Å². The maximum atomic E-state index is 12.1. The minimum atomic E-state index is -3.30. The number of hydrogen-bond donors (Lipinski definition) is 1. The van der Waals surface area contributed by atoms with E-state index in [1.807, 2.05) is 0 Å². The average molecular weight is 230 g/mol. The lowest BCUT2D eigenvalue weighted by molar-refractivity contribution is 0.489. The lowest BCUT2D eigenvalue weighted by Gasteiger charge is -2.21. The fraction of sp³-hybridized carbons (Fsp3) is 0.750. The zero-order valence-corrected chi connectivity index (χ0v) is 9.37. The molecule has 1 aliphatic rings. The van der Waals surface area contributed by atoms with Crippen molar-refractivity contribution in [3.05, 3.63) is 6.33 Å². The summed E-state index contributed by atoms with van der Waals surface area (Å²) in [6.07, 6.45) is 2.71. The molecule has 6 nitrogen and oxygen atoms in total. The van der Waals surface area contributed by atoms with Gasteiger partial charge in [0.25, 0.3) is 0 Å². The van der Waals surface area contributed by atoms with Gasteiger partial charge in [-0.15, -0.1) is 10.2 Å². The summed E-state index contributed by atoms with van der Waals surface area (Å²) < 4.78 is 25.7. The van der Waals surface area contributed by atoms with Crippen molar-refractivity contribution in [2.75, 3.05) is 13.1 Å². The van der Waals surface area contributed by atoms with E-state index < -0.39 is 9.84 Å². The van der Waals surface area contributed by atoms with Crippen LogP contribution in [0.1, 0.15) is 12.8 Å². The molecule has 15 heavy (non-hydrogen) atoms. The lowest BCUT2D eigenvalue weighted by Crippen LogP contribution is -2.36. The highest BCUT2D eigenvalue weighted by Crippen LogP contribution is 2.19. The van der Waals surface area contributed by atoms with Crippen LogP contribution < -0.4 is 5.32 Å². The summed E-state index contributed by atoms with van der Waals surface area (Å²) in [5.74, 6) is 0. The highest BCUT2D eigenvalue weighted by molar-refractivity contribution is 7.91. The largest absolute Gasteiger partial charge is 0.317 e. The molecule has 1 fully saturated rings. The van der Waals surface area contributed by atoms with Gasteiger partial charge in [-0.2, -0.15) is 0 Å². The van der Waals surface area contributed by atoms with E-state index in [4.69, 9.17) is 0 Å². The van der Waals surface area contributed by atoms with Crippen LogP contribution >= 0.6 is 0 Å². The summed E-state index contributed by atoms with van der Waals surface area (Å²) >= 11 is 0. The summed E-state index contributed by atoms with van der Waals surface area (Å²) in [6, 6.07) is 0. The molecule has 0 amide bonds. The SMILES string of the molecule is Cn1cnnc1S(=O)(=O)C1CCNCC1. The van der Waals surface area contributed by atoms with Crippen LogP contribution in [0.2, 0.25) is 0 Å². The highest BCUT2D eigenvalue weighted by Gasteiger charge is 2.32. The maximum absolute atomic E-state index is 12.1. The van der Waals surface area contributed by atoms with Gasteiger partial charge in [0.15, 0.2) is 0 Å². The normalized spacial score (nSPS) is 19.3. The average Bonchev–Trinajstić information content (AvgIpc) is 2.66. The molecule has 0 aliphatic carbocycles. The quantitative estimate of drug-likeness (QED) is 0.730. The topological polar surface area (TPSA) is 76.9 Å². The van der Waals surface area contributed by atoms with Crippen molar-refractivity contribution >= 4 is 9.84 Å². The van der Waals surface area contributed by atoms with E-state index in [2.05, 4.69) is 15.5 Å². The number of rotatable bonds is 2. The van der Waals surface area contributed by atoms with Crippen molar-refractivity contribution in [1.82, 2.24) is 20.1 Å². The maximum Gasteiger partial charge on any atom is 0.249 e. The molecule has 2 heterocycles. The fourth-order valence-electron chi connectivity index (χ4n) is 1.79. The van der Waals surface area contributed by atoms with Gasteiger partial charge in [0.05, 0.1) is 5.25 Å². The number of piperidine rings is 1. The number of aryl methyl sites for hydroxylation is 1. The monoisotopic (exact) mass is 230 g/mol. The molecular formula is C8H14N4O2S. The summed E-state index contributed by atoms with van der Waals surface area (Å²) in [4.78, 5) is 0. The summed E-state index contributed by atoms with van der Waals surface area (Å²) in [5.41, 5.74) is 0. The van der Waals surface area contributed by atoms with Gasteiger partial charge in [0.2, 0.25) is 15.0 Å². The van der Waals surface area contributed by atoms with Gasteiger partial charge in [-0.1, -0.05) is 0 Å². The molecule has 0 saturated carbocycles. The van der Waals surface area contributed by atoms with E-state index in [1.165, 1.54) is 10.9 Å². The molecule has 0 unspecified atom stereocenters. The zero-order chi connectivity index (χ0) is 10.9. The fourth-order valence-corrected chi connectivity index (χ4v) is 3.55. The first-order valence-electron chi connectivity index (χ1n) is 4.91. The van der Waals surface area contributed by atoms with Crippen LogP contribution in [0, 0.1) is 0 Å².